The lowest BCUT2D eigenvalue weighted by Gasteiger charge is -2.10. The van der Waals surface area contributed by atoms with Crippen LogP contribution < -0.4 is 5.32 Å². The Morgan fingerprint density at radius 3 is 2.69 bits per heavy atom. The van der Waals surface area contributed by atoms with Gasteiger partial charge < -0.3 is 5.32 Å². The standard InChI is InChI=1S/C7H8Cl3N3/c1-2-11-5-3-4-12-6(13-5)7(8,9)10/h3-4H,2H2,1H3,(H,11,12,13). The van der Waals surface area contributed by atoms with Crippen LogP contribution >= 0.6 is 34.8 Å². The second-order valence-corrected chi connectivity index (χ2v) is 4.57. The van der Waals surface area contributed by atoms with Gasteiger partial charge in [-0.25, -0.2) is 9.97 Å². The number of nitrogens with zero attached hydrogens (tertiary/aromatic N) is 2. The van der Waals surface area contributed by atoms with Gasteiger partial charge in [0, 0.05) is 12.7 Å². The minimum absolute atomic E-state index is 0.177. The van der Waals surface area contributed by atoms with Crippen LogP contribution in [0.2, 0.25) is 0 Å². The van der Waals surface area contributed by atoms with E-state index in [2.05, 4.69) is 15.3 Å². The molecule has 0 atom stereocenters. The number of aromatic nitrogens is 2. The predicted octanol–water partition coefficient (Wildman–Crippen LogP) is 2.74. The van der Waals surface area contributed by atoms with Crippen LogP contribution in [0.25, 0.3) is 0 Å². The molecule has 0 unspecified atom stereocenters. The Bertz CT molecular complexity index is 285. The van der Waals surface area contributed by atoms with E-state index in [0.29, 0.717) is 5.82 Å². The van der Waals surface area contributed by atoms with Crippen molar-refractivity contribution in [2.75, 3.05) is 11.9 Å². The highest BCUT2D eigenvalue weighted by Crippen LogP contribution is 2.35. The van der Waals surface area contributed by atoms with Crippen LogP contribution in [-0.4, -0.2) is 16.5 Å². The number of rotatable bonds is 2. The third-order valence-corrected chi connectivity index (χ3v) is 1.77. The molecule has 0 amide bonds. The highest BCUT2D eigenvalue weighted by molar-refractivity contribution is 6.66. The van der Waals surface area contributed by atoms with Gasteiger partial charge in [-0.15, -0.1) is 0 Å². The van der Waals surface area contributed by atoms with Crippen molar-refractivity contribution in [3.05, 3.63) is 18.1 Å². The maximum atomic E-state index is 5.61. The molecular formula is C7H8Cl3N3. The van der Waals surface area contributed by atoms with E-state index in [1.807, 2.05) is 6.92 Å². The molecule has 1 rings (SSSR count). The molecular weight excluding hydrogens is 232 g/mol. The van der Waals surface area contributed by atoms with E-state index in [1.165, 1.54) is 0 Å². The lowest BCUT2D eigenvalue weighted by Crippen LogP contribution is -2.09. The summed E-state index contributed by atoms with van der Waals surface area (Å²) >= 11 is 16.8. The molecule has 0 aliphatic carbocycles. The summed E-state index contributed by atoms with van der Waals surface area (Å²) in [6.45, 7) is 2.72. The van der Waals surface area contributed by atoms with Crippen molar-refractivity contribution in [2.24, 2.45) is 0 Å². The number of nitrogens with one attached hydrogen (secondary N) is 1. The molecule has 0 saturated carbocycles. The Hall–Kier alpha value is -0.250. The average Bonchev–Trinajstić information content (AvgIpc) is 2.04. The zero-order valence-corrected chi connectivity index (χ0v) is 9.16. The van der Waals surface area contributed by atoms with Crippen molar-refractivity contribution < 1.29 is 0 Å². The first-order valence-electron chi connectivity index (χ1n) is 3.68. The SMILES string of the molecule is CCNc1ccnc(C(Cl)(Cl)Cl)n1. The predicted molar refractivity (Wildman–Crippen MR) is 55.4 cm³/mol. The van der Waals surface area contributed by atoms with Crippen molar-refractivity contribution in [3.8, 4) is 0 Å². The van der Waals surface area contributed by atoms with Crippen molar-refractivity contribution in [1.29, 1.82) is 0 Å². The van der Waals surface area contributed by atoms with Crippen molar-refractivity contribution >= 4 is 40.6 Å². The number of hydrogen-bond donors (Lipinski definition) is 1. The molecule has 1 aromatic rings. The fourth-order valence-electron chi connectivity index (χ4n) is 0.775. The minimum atomic E-state index is -1.56. The van der Waals surface area contributed by atoms with Gasteiger partial charge in [-0.3, -0.25) is 0 Å². The van der Waals surface area contributed by atoms with Gasteiger partial charge in [-0.05, 0) is 13.0 Å². The maximum absolute atomic E-state index is 5.61. The first-order chi connectivity index (χ1) is 6.04. The zero-order chi connectivity index (χ0) is 9.90. The molecule has 13 heavy (non-hydrogen) atoms. The maximum Gasteiger partial charge on any atom is 0.250 e. The Kier molecular flexibility index (Phi) is 3.59. The Morgan fingerprint density at radius 2 is 2.15 bits per heavy atom. The normalized spacial score (nSPS) is 11.4. The van der Waals surface area contributed by atoms with E-state index in [4.69, 9.17) is 34.8 Å². The lowest BCUT2D eigenvalue weighted by molar-refractivity contribution is 0.963. The number of alkyl halides is 3. The van der Waals surface area contributed by atoms with E-state index in [0.717, 1.165) is 6.54 Å². The second kappa shape index (κ2) is 4.31. The molecule has 0 saturated heterocycles. The fraction of sp³-hybridized carbons (Fsp3) is 0.429. The molecule has 0 spiro atoms. The monoisotopic (exact) mass is 239 g/mol. The lowest BCUT2D eigenvalue weighted by atomic mass is 10.5. The van der Waals surface area contributed by atoms with Gasteiger partial charge in [0.2, 0.25) is 3.79 Å². The van der Waals surface area contributed by atoms with Gasteiger partial charge in [0.05, 0.1) is 0 Å². The van der Waals surface area contributed by atoms with Crippen LogP contribution in [0.3, 0.4) is 0 Å². The van der Waals surface area contributed by atoms with Crippen LogP contribution in [0.5, 0.6) is 0 Å². The summed E-state index contributed by atoms with van der Waals surface area (Å²) in [7, 11) is 0. The molecule has 0 fully saturated rings. The molecule has 6 heteroatoms. The van der Waals surface area contributed by atoms with Gasteiger partial charge in [0.1, 0.15) is 5.82 Å². The molecule has 72 valence electrons. The largest absolute Gasteiger partial charge is 0.370 e. The molecule has 1 heterocycles. The van der Waals surface area contributed by atoms with Crippen LogP contribution in [-0.2, 0) is 3.79 Å². The van der Waals surface area contributed by atoms with E-state index in [1.54, 1.807) is 12.3 Å². The molecule has 1 N–H and O–H groups in total. The topological polar surface area (TPSA) is 37.8 Å². The average molecular weight is 241 g/mol. The highest BCUT2D eigenvalue weighted by Gasteiger charge is 2.26. The molecule has 0 aliphatic rings. The van der Waals surface area contributed by atoms with E-state index < -0.39 is 3.79 Å². The smallest absolute Gasteiger partial charge is 0.250 e. The summed E-state index contributed by atoms with van der Waals surface area (Å²) in [5, 5.41) is 2.99. The summed E-state index contributed by atoms with van der Waals surface area (Å²) in [5.74, 6) is 0.828. The van der Waals surface area contributed by atoms with E-state index >= 15 is 0 Å². The highest BCUT2D eigenvalue weighted by atomic mass is 35.6. The Balaban J connectivity index is 2.92. The molecule has 3 nitrogen and oxygen atoms in total. The van der Waals surface area contributed by atoms with Gasteiger partial charge >= 0.3 is 0 Å². The van der Waals surface area contributed by atoms with Crippen LogP contribution in [0.4, 0.5) is 5.82 Å². The summed E-state index contributed by atoms with van der Waals surface area (Å²) in [5.41, 5.74) is 0. The van der Waals surface area contributed by atoms with E-state index in [-0.39, 0.29) is 5.82 Å². The second-order valence-electron chi connectivity index (χ2n) is 2.29. The molecule has 0 aliphatic heterocycles. The van der Waals surface area contributed by atoms with Gasteiger partial charge in [-0.1, -0.05) is 34.8 Å². The van der Waals surface area contributed by atoms with Crippen molar-refractivity contribution in [1.82, 2.24) is 9.97 Å². The van der Waals surface area contributed by atoms with Gasteiger partial charge in [0.15, 0.2) is 5.82 Å². The third kappa shape index (κ3) is 3.18. The Labute approximate surface area is 91.4 Å². The Morgan fingerprint density at radius 1 is 1.46 bits per heavy atom. The van der Waals surface area contributed by atoms with Crippen LogP contribution in [0.1, 0.15) is 12.7 Å². The number of anilines is 1. The minimum Gasteiger partial charge on any atom is -0.370 e. The van der Waals surface area contributed by atoms with Crippen molar-refractivity contribution in [2.45, 2.75) is 10.7 Å². The molecule has 0 bridgehead atoms. The summed E-state index contributed by atoms with van der Waals surface area (Å²) in [6, 6.07) is 1.71. The molecule has 0 aromatic carbocycles. The quantitative estimate of drug-likeness (QED) is 0.808. The van der Waals surface area contributed by atoms with Crippen molar-refractivity contribution in [3.63, 3.8) is 0 Å². The number of hydrogen-bond acceptors (Lipinski definition) is 3. The summed E-state index contributed by atoms with van der Waals surface area (Å²) < 4.78 is -1.56. The van der Waals surface area contributed by atoms with Crippen LogP contribution in [0, 0.1) is 0 Å². The third-order valence-electron chi connectivity index (χ3n) is 1.27. The van der Waals surface area contributed by atoms with Crippen LogP contribution in [0.15, 0.2) is 12.3 Å². The zero-order valence-electron chi connectivity index (χ0n) is 6.89. The summed E-state index contributed by atoms with van der Waals surface area (Å²) in [4.78, 5) is 7.86. The molecule has 0 radical (unpaired) electrons. The van der Waals surface area contributed by atoms with Gasteiger partial charge in [-0.2, -0.15) is 0 Å². The van der Waals surface area contributed by atoms with Gasteiger partial charge in [0.25, 0.3) is 0 Å². The number of halogens is 3. The molecule has 1 aromatic heterocycles. The van der Waals surface area contributed by atoms with E-state index in [9.17, 15) is 0 Å². The summed E-state index contributed by atoms with van der Waals surface area (Å²) in [6.07, 6.45) is 1.54. The first kappa shape index (κ1) is 10.8. The fourth-order valence-corrected chi connectivity index (χ4v) is 1.05. The first-order valence-corrected chi connectivity index (χ1v) is 4.81.